The molecule has 1 saturated heterocycles. The van der Waals surface area contributed by atoms with Gasteiger partial charge in [-0.25, -0.2) is 0 Å². The number of nitrogens with one attached hydrogen (secondary N) is 1. The average molecular weight is 281 g/mol. The first kappa shape index (κ1) is 14.8. The van der Waals surface area contributed by atoms with Gasteiger partial charge < -0.3 is 5.32 Å². The van der Waals surface area contributed by atoms with E-state index in [1.54, 1.807) is 0 Å². The van der Waals surface area contributed by atoms with Crippen LogP contribution in [0.1, 0.15) is 37.8 Å². The van der Waals surface area contributed by atoms with E-state index in [9.17, 15) is 0 Å². The maximum absolute atomic E-state index is 6.40. The number of hydrogen-bond donors (Lipinski definition) is 1. The SMILES string of the molecule is CCCNCC1CCCN(C)C1c1ccccc1Cl. The van der Waals surface area contributed by atoms with Gasteiger partial charge in [0.05, 0.1) is 0 Å². The fourth-order valence-electron chi connectivity index (χ4n) is 3.14. The molecule has 2 unspecified atom stereocenters. The normalized spacial score (nSPS) is 24.6. The van der Waals surface area contributed by atoms with Crippen LogP contribution in [0, 0.1) is 5.92 Å². The fraction of sp³-hybridized carbons (Fsp3) is 0.625. The van der Waals surface area contributed by atoms with Crippen LogP contribution in [0.4, 0.5) is 0 Å². The number of piperidine rings is 1. The number of halogens is 1. The van der Waals surface area contributed by atoms with Crippen LogP contribution in [0.2, 0.25) is 5.02 Å². The first-order chi connectivity index (χ1) is 9.24. The van der Waals surface area contributed by atoms with Crippen molar-refractivity contribution >= 4 is 11.6 Å². The highest BCUT2D eigenvalue weighted by Crippen LogP contribution is 2.37. The molecule has 1 aromatic rings. The summed E-state index contributed by atoms with van der Waals surface area (Å²) in [5, 5.41) is 4.48. The predicted octanol–water partition coefficient (Wildman–Crippen LogP) is 3.72. The Morgan fingerprint density at radius 3 is 2.89 bits per heavy atom. The van der Waals surface area contributed by atoms with E-state index in [0.29, 0.717) is 12.0 Å². The van der Waals surface area contributed by atoms with Crippen LogP contribution in [0.15, 0.2) is 24.3 Å². The second-order valence-electron chi connectivity index (χ2n) is 5.55. The molecular weight excluding hydrogens is 256 g/mol. The lowest BCUT2D eigenvalue weighted by atomic mass is 9.85. The maximum Gasteiger partial charge on any atom is 0.0453 e. The summed E-state index contributed by atoms with van der Waals surface area (Å²) >= 11 is 6.40. The lowest BCUT2D eigenvalue weighted by Crippen LogP contribution is -2.40. The van der Waals surface area contributed by atoms with E-state index in [4.69, 9.17) is 11.6 Å². The third-order valence-electron chi connectivity index (χ3n) is 4.06. The molecule has 2 nitrogen and oxygen atoms in total. The molecule has 2 atom stereocenters. The summed E-state index contributed by atoms with van der Waals surface area (Å²) in [6, 6.07) is 8.75. The van der Waals surface area contributed by atoms with E-state index in [1.165, 1.54) is 31.4 Å². The minimum absolute atomic E-state index is 0.451. The van der Waals surface area contributed by atoms with E-state index < -0.39 is 0 Å². The molecule has 1 fully saturated rings. The Morgan fingerprint density at radius 1 is 1.37 bits per heavy atom. The molecule has 0 aromatic heterocycles. The highest BCUT2D eigenvalue weighted by atomic mass is 35.5. The van der Waals surface area contributed by atoms with Crippen molar-refractivity contribution in [2.45, 2.75) is 32.2 Å². The third-order valence-corrected chi connectivity index (χ3v) is 4.41. The van der Waals surface area contributed by atoms with Gasteiger partial charge in [-0.05, 0) is 63.5 Å². The third kappa shape index (κ3) is 3.71. The van der Waals surface area contributed by atoms with Crippen molar-refractivity contribution < 1.29 is 0 Å². The molecule has 1 aromatic carbocycles. The topological polar surface area (TPSA) is 15.3 Å². The largest absolute Gasteiger partial charge is 0.316 e. The quantitative estimate of drug-likeness (QED) is 0.827. The molecule has 106 valence electrons. The molecule has 0 aliphatic carbocycles. The highest BCUT2D eigenvalue weighted by Gasteiger charge is 2.31. The van der Waals surface area contributed by atoms with Crippen molar-refractivity contribution in [3.05, 3.63) is 34.9 Å². The van der Waals surface area contributed by atoms with Crippen LogP contribution >= 0.6 is 11.6 Å². The summed E-state index contributed by atoms with van der Waals surface area (Å²) in [5.74, 6) is 0.658. The first-order valence-corrected chi connectivity index (χ1v) is 7.77. The van der Waals surface area contributed by atoms with Crippen LogP contribution in [-0.4, -0.2) is 31.6 Å². The molecule has 1 heterocycles. The number of likely N-dealkylation sites (tertiary alicyclic amines) is 1. The van der Waals surface area contributed by atoms with Crippen molar-refractivity contribution in [3.63, 3.8) is 0 Å². The summed E-state index contributed by atoms with van der Waals surface area (Å²) < 4.78 is 0. The van der Waals surface area contributed by atoms with Crippen LogP contribution in [0.3, 0.4) is 0 Å². The van der Waals surface area contributed by atoms with Gasteiger partial charge in [-0.2, -0.15) is 0 Å². The fourth-order valence-corrected chi connectivity index (χ4v) is 3.39. The van der Waals surface area contributed by atoms with Gasteiger partial charge in [0, 0.05) is 11.1 Å². The van der Waals surface area contributed by atoms with Gasteiger partial charge in [0.25, 0.3) is 0 Å². The van der Waals surface area contributed by atoms with Crippen LogP contribution in [0.5, 0.6) is 0 Å². The number of nitrogens with zero attached hydrogens (tertiary/aromatic N) is 1. The smallest absolute Gasteiger partial charge is 0.0453 e. The van der Waals surface area contributed by atoms with E-state index in [1.807, 2.05) is 12.1 Å². The Labute approximate surface area is 122 Å². The van der Waals surface area contributed by atoms with E-state index >= 15 is 0 Å². The summed E-state index contributed by atoms with van der Waals surface area (Å²) in [5.41, 5.74) is 1.29. The number of benzene rings is 1. The molecule has 1 aliphatic rings. The minimum Gasteiger partial charge on any atom is -0.316 e. The molecule has 0 radical (unpaired) electrons. The van der Waals surface area contributed by atoms with Crippen LogP contribution in [0.25, 0.3) is 0 Å². The Morgan fingerprint density at radius 2 is 2.16 bits per heavy atom. The van der Waals surface area contributed by atoms with Gasteiger partial charge in [0.1, 0.15) is 0 Å². The summed E-state index contributed by atoms with van der Waals surface area (Å²) in [4.78, 5) is 2.46. The Bertz CT molecular complexity index is 394. The number of hydrogen-bond acceptors (Lipinski definition) is 2. The standard InChI is InChI=1S/C16H25ClN2/c1-3-10-18-12-13-7-6-11-19(2)16(13)14-8-4-5-9-15(14)17/h4-5,8-9,13,16,18H,3,6-7,10-12H2,1-2H3. The molecule has 0 saturated carbocycles. The van der Waals surface area contributed by atoms with Crippen molar-refractivity contribution in [1.82, 2.24) is 10.2 Å². The maximum atomic E-state index is 6.40. The zero-order chi connectivity index (χ0) is 13.7. The van der Waals surface area contributed by atoms with Gasteiger partial charge in [0.15, 0.2) is 0 Å². The Hall–Kier alpha value is -0.570. The Balaban J connectivity index is 2.14. The van der Waals surface area contributed by atoms with Gasteiger partial charge in [0.2, 0.25) is 0 Å². The van der Waals surface area contributed by atoms with E-state index in [-0.39, 0.29) is 0 Å². The lowest BCUT2D eigenvalue weighted by molar-refractivity contribution is 0.119. The second-order valence-corrected chi connectivity index (χ2v) is 5.96. The number of rotatable bonds is 5. The molecular formula is C16H25ClN2. The molecule has 0 bridgehead atoms. The lowest BCUT2D eigenvalue weighted by Gasteiger charge is -2.40. The van der Waals surface area contributed by atoms with Gasteiger partial charge in [-0.1, -0.05) is 36.7 Å². The van der Waals surface area contributed by atoms with Crippen molar-refractivity contribution in [1.29, 1.82) is 0 Å². The van der Waals surface area contributed by atoms with Gasteiger partial charge in [-0.15, -0.1) is 0 Å². The zero-order valence-electron chi connectivity index (χ0n) is 12.0. The first-order valence-electron chi connectivity index (χ1n) is 7.39. The Kier molecular flexibility index (Phi) is 5.68. The molecule has 1 N–H and O–H groups in total. The van der Waals surface area contributed by atoms with E-state index in [0.717, 1.165) is 18.1 Å². The summed E-state index contributed by atoms with van der Waals surface area (Å²) in [7, 11) is 2.22. The molecule has 2 rings (SSSR count). The summed E-state index contributed by atoms with van der Waals surface area (Å²) in [6.07, 6.45) is 3.77. The molecule has 19 heavy (non-hydrogen) atoms. The molecule has 3 heteroatoms. The van der Waals surface area contributed by atoms with E-state index in [2.05, 4.69) is 36.3 Å². The van der Waals surface area contributed by atoms with Gasteiger partial charge >= 0.3 is 0 Å². The van der Waals surface area contributed by atoms with Gasteiger partial charge in [-0.3, -0.25) is 4.90 Å². The van der Waals surface area contributed by atoms with Crippen molar-refractivity contribution in [2.75, 3.05) is 26.7 Å². The average Bonchev–Trinajstić information content (AvgIpc) is 2.41. The molecule has 0 spiro atoms. The predicted molar refractivity (Wildman–Crippen MR) is 82.7 cm³/mol. The molecule has 0 amide bonds. The summed E-state index contributed by atoms with van der Waals surface area (Å²) in [6.45, 7) is 5.58. The minimum atomic E-state index is 0.451. The van der Waals surface area contributed by atoms with Crippen molar-refractivity contribution in [3.8, 4) is 0 Å². The van der Waals surface area contributed by atoms with Crippen LogP contribution in [-0.2, 0) is 0 Å². The zero-order valence-corrected chi connectivity index (χ0v) is 12.8. The highest BCUT2D eigenvalue weighted by molar-refractivity contribution is 6.31. The molecule has 1 aliphatic heterocycles. The second kappa shape index (κ2) is 7.28. The van der Waals surface area contributed by atoms with Crippen LogP contribution < -0.4 is 5.32 Å². The monoisotopic (exact) mass is 280 g/mol. The van der Waals surface area contributed by atoms with Crippen molar-refractivity contribution in [2.24, 2.45) is 5.92 Å².